The van der Waals surface area contributed by atoms with E-state index in [-0.39, 0.29) is 0 Å². The topological polar surface area (TPSA) is 51.8 Å². The van der Waals surface area contributed by atoms with E-state index in [9.17, 15) is 0 Å². The van der Waals surface area contributed by atoms with E-state index in [0.717, 1.165) is 51.7 Å². The van der Waals surface area contributed by atoms with Crippen LogP contribution in [0.1, 0.15) is 51.9 Å². The lowest BCUT2D eigenvalue weighted by molar-refractivity contribution is 0.316. The molecule has 1 aromatic carbocycles. The minimum Gasteiger partial charge on any atom is -0.419 e. The third-order valence-electron chi connectivity index (χ3n) is 6.99. The van der Waals surface area contributed by atoms with Gasteiger partial charge in [0.1, 0.15) is 0 Å². The normalized spacial score (nSPS) is 17.2. The molecule has 0 saturated heterocycles. The molecule has 0 N–H and O–H groups in total. The number of fused-ring (bicyclic) bond motifs is 3. The van der Waals surface area contributed by atoms with Gasteiger partial charge >= 0.3 is 0 Å². The lowest BCUT2D eigenvalue weighted by atomic mass is 9.78. The Labute approximate surface area is 195 Å². The first-order valence-corrected chi connectivity index (χ1v) is 11.8. The Morgan fingerprint density at radius 2 is 1.70 bits per heavy atom. The van der Waals surface area contributed by atoms with E-state index in [1.54, 1.807) is 6.20 Å². The fourth-order valence-electron chi connectivity index (χ4n) is 5.06. The Bertz CT molecular complexity index is 1470. The van der Waals surface area contributed by atoms with Crippen LogP contribution in [0.3, 0.4) is 0 Å². The summed E-state index contributed by atoms with van der Waals surface area (Å²) in [4.78, 5) is 13.9. The zero-order valence-corrected chi connectivity index (χ0v) is 18.8. The number of aromatic nitrogens is 3. The van der Waals surface area contributed by atoms with Crippen LogP contribution in [0.2, 0.25) is 0 Å². The number of benzene rings is 1. The molecule has 1 saturated carbocycles. The Morgan fingerprint density at radius 1 is 0.848 bits per heavy atom. The highest BCUT2D eigenvalue weighted by molar-refractivity contribution is 6.03. The van der Waals surface area contributed by atoms with Crippen molar-refractivity contribution < 1.29 is 5.79 Å². The summed E-state index contributed by atoms with van der Waals surface area (Å²) >= 11 is 0. The van der Waals surface area contributed by atoms with Crippen molar-refractivity contribution in [2.75, 3.05) is 0 Å². The van der Waals surface area contributed by atoms with Crippen LogP contribution in [0.25, 0.3) is 44.7 Å². The van der Waals surface area contributed by atoms with Crippen LogP contribution in [0.4, 0.5) is 0 Å². The van der Waals surface area contributed by atoms with Gasteiger partial charge in [-0.25, -0.2) is 9.97 Å². The largest absolute Gasteiger partial charge is 0.419 e. The van der Waals surface area contributed by atoms with Crippen molar-refractivity contribution >= 4 is 22.2 Å². The van der Waals surface area contributed by atoms with Gasteiger partial charge in [-0.3, -0.25) is 4.98 Å². The zero-order chi connectivity index (χ0) is 23.1. The first-order valence-electron chi connectivity index (χ1n) is 12.3. The van der Waals surface area contributed by atoms with E-state index in [1.807, 2.05) is 48.7 Å². The molecule has 1 aliphatic rings. The van der Waals surface area contributed by atoms with Crippen molar-refractivity contribution in [2.24, 2.45) is 5.92 Å². The zero-order valence-electron chi connectivity index (χ0n) is 19.8. The van der Waals surface area contributed by atoms with Gasteiger partial charge < -0.3 is 4.42 Å². The van der Waals surface area contributed by atoms with E-state index >= 15 is 0 Å². The fourth-order valence-corrected chi connectivity index (χ4v) is 5.06. The quantitative estimate of drug-likeness (QED) is 0.290. The van der Waals surface area contributed by atoms with Crippen LogP contribution in [0.15, 0.2) is 77.5 Å². The molecule has 0 aliphatic heterocycles. The smallest absolute Gasteiger partial charge is 0.230 e. The van der Waals surface area contributed by atoms with Crippen molar-refractivity contribution in [1.29, 1.82) is 0 Å². The summed E-state index contributed by atoms with van der Waals surface area (Å²) in [6.07, 6.45) is 9.63. The van der Waals surface area contributed by atoms with Crippen LogP contribution in [-0.4, -0.2) is 15.0 Å². The maximum atomic E-state index is 9.16. The van der Waals surface area contributed by atoms with Crippen LogP contribution < -0.4 is 0 Å². The SMILES string of the molecule is [2H]C(C)(c1ccnc(-c2cnc3oc4nc(-c5ccccc5)ccc4c3c2)c1)C1CCCCC1. The van der Waals surface area contributed by atoms with Crippen LogP contribution in [0, 0.1) is 5.92 Å². The third kappa shape index (κ3) is 3.80. The molecule has 1 aliphatic carbocycles. The van der Waals surface area contributed by atoms with Crippen molar-refractivity contribution in [3.05, 3.63) is 78.6 Å². The second-order valence-electron chi connectivity index (χ2n) is 9.04. The predicted octanol–water partition coefficient (Wildman–Crippen LogP) is 7.79. The molecule has 4 nitrogen and oxygen atoms in total. The Balaban J connectivity index is 1.38. The molecule has 1 unspecified atom stereocenters. The molecule has 4 heterocycles. The average molecular weight is 435 g/mol. The molecule has 1 fully saturated rings. The molecule has 6 rings (SSSR count). The Morgan fingerprint density at radius 3 is 2.55 bits per heavy atom. The molecule has 4 heteroatoms. The second-order valence-corrected chi connectivity index (χ2v) is 9.04. The minimum absolute atomic E-state index is 0.389. The van der Waals surface area contributed by atoms with E-state index in [2.05, 4.69) is 35.1 Å². The first kappa shape index (κ1) is 19.0. The lowest BCUT2D eigenvalue weighted by Gasteiger charge is -2.28. The third-order valence-corrected chi connectivity index (χ3v) is 6.99. The second kappa shape index (κ2) is 8.43. The van der Waals surface area contributed by atoms with Crippen molar-refractivity contribution in [3.8, 4) is 22.5 Å². The number of hydrogen-bond acceptors (Lipinski definition) is 4. The van der Waals surface area contributed by atoms with E-state index < -0.39 is 5.89 Å². The standard InChI is InChI=1S/C29H27N3O/c1-19(20-8-4-2-5-9-20)22-14-15-30-27(17-22)23-16-25-24-12-13-26(21-10-6-3-7-11-21)32-29(24)33-28(25)31-18-23/h3,6-7,10-20H,2,4-5,8-9H2,1H3/i19D. The van der Waals surface area contributed by atoms with E-state index in [4.69, 9.17) is 10.8 Å². The highest BCUT2D eigenvalue weighted by Gasteiger charge is 2.22. The summed E-state index contributed by atoms with van der Waals surface area (Å²) in [5.41, 5.74) is 5.86. The van der Waals surface area contributed by atoms with Crippen molar-refractivity contribution in [3.63, 3.8) is 0 Å². The molecule has 0 spiro atoms. The van der Waals surface area contributed by atoms with Gasteiger partial charge in [0, 0.05) is 30.3 Å². The number of pyridine rings is 3. The first-order chi connectivity index (χ1) is 16.6. The van der Waals surface area contributed by atoms with Crippen LogP contribution >= 0.6 is 0 Å². The summed E-state index contributed by atoms with van der Waals surface area (Å²) in [5.74, 6) is -0.227. The number of rotatable bonds is 4. The summed E-state index contributed by atoms with van der Waals surface area (Å²) < 4.78 is 15.1. The molecule has 164 valence electrons. The van der Waals surface area contributed by atoms with E-state index in [0.29, 0.717) is 17.3 Å². The highest BCUT2D eigenvalue weighted by Crippen LogP contribution is 2.37. The van der Waals surface area contributed by atoms with Gasteiger partial charge in [0.15, 0.2) is 0 Å². The summed E-state index contributed by atoms with van der Waals surface area (Å²) in [5, 5.41) is 1.86. The van der Waals surface area contributed by atoms with Gasteiger partial charge in [-0.05, 0) is 60.5 Å². The molecular weight excluding hydrogens is 406 g/mol. The lowest BCUT2D eigenvalue weighted by Crippen LogP contribution is -2.14. The molecular formula is C29H27N3O. The minimum atomic E-state index is -0.615. The molecule has 0 amide bonds. The summed E-state index contributed by atoms with van der Waals surface area (Å²) in [6, 6.07) is 20.3. The average Bonchev–Trinajstić information content (AvgIpc) is 3.27. The maximum Gasteiger partial charge on any atom is 0.230 e. The predicted molar refractivity (Wildman–Crippen MR) is 133 cm³/mol. The van der Waals surface area contributed by atoms with Gasteiger partial charge in [-0.1, -0.05) is 56.5 Å². The monoisotopic (exact) mass is 434 g/mol. The summed E-state index contributed by atoms with van der Waals surface area (Å²) in [7, 11) is 0. The van der Waals surface area contributed by atoms with Gasteiger partial charge in [-0.2, -0.15) is 0 Å². The highest BCUT2D eigenvalue weighted by atomic mass is 16.3. The fraction of sp³-hybridized carbons (Fsp3) is 0.276. The molecule has 5 aromatic rings. The molecule has 1 atom stereocenters. The van der Waals surface area contributed by atoms with Gasteiger partial charge in [0.25, 0.3) is 0 Å². The number of nitrogens with zero attached hydrogens (tertiary/aromatic N) is 3. The van der Waals surface area contributed by atoms with E-state index in [1.165, 1.54) is 19.3 Å². The Hall–Kier alpha value is -3.53. The number of furan rings is 1. The van der Waals surface area contributed by atoms with Crippen molar-refractivity contribution in [2.45, 2.75) is 44.9 Å². The van der Waals surface area contributed by atoms with Crippen LogP contribution in [-0.2, 0) is 0 Å². The molecule has 4 aromatic heterocycles. The van der Waals surface area contributed by atoms with Gasteiger partial charge in [-0.15, -0.1) is 0 Å². The molecule has 0 bridgehead atoms. The van der Waals surface area contributed by atoms with Crippen LogP contribution in [0.5, 0.6) is 0 Å². The van der Waals surface area contributed by atoms with Crippen molar-refractivity contribution in [1.82, 2.24) is 15.0 Å². The summed E-state index contributed by atoms with van der Waals surface area (Å²) in [6.45, 7) is 2.06. The van der Waals surface area contributed by atoms with Gasteiger partial charge in [0.05, 0.1) is 16.8 Å². The maximum absolute atomic E-state index is 9.16. The van der Waals surface area contributed by atoms with Gasteiger partial charge in [0.2, 0.25) is 11.4 Å². The molecule has 33 heavy (non-hydrogen) atoms. The Kier molecular flexibility index (Phi) is 4.85. The molecule has 0 radical (unpaired) electrons. The number of hydrogen-bond donors (Lipinski definition) is 0.